The van der Waals surface area contributed by atoms with Gasteiger partial charge in [-0.1, -0.05) is 23.8 Å². The number of nitrogens with one attached hydrogen (secondary N) is 1. The van der Waals surface area contributed by atoms with Crippen LogP contribution in [0.25, 0.3) is 0 Å². The van der Waals surface area contributed by atoms with Crippen LogP contribution in [0.5, 0.6) is 0 Å². The van der Waals surface area contributed by atoms with Crippen molar-refractivity contribution in [3.63, 3.8) is 0 Å². The zero-order valence-corrected chi connectivity index (χ0v) is 10.2. The Bertz CT molecular complexity index is 381. The number of halogens is 1. The molecule has 2 rings (SSSR count). The van der Waals surface area contributed by atoms with Crippen LogP contribution in [0.3, 0.4) is 0 Å². The molecule has 0 aliphatic heterocycles. The van der Waals surface area contributed by atoms with Gasteiger partial charge in [-0.2, -0.15) is 0 Å². The normalized spacial score (nSPS) is 9.40. The molecule has 1 aromatic heterocycles. The van der Waals surface area contributed by atoms with Gasteiger partial charge in [-0.25, -0.2) is 0 Å². The van der Waals surface area contributed by atoms with Crippen molar-refractivity contribution in [1.29, 1.82) is 0 Å². The van der Waals surface area contributed by atoms with E-state index in [-0.39, 0.29) is 12.4 Å². The molecule has 0 atom stereocenters. The maximum Gasteiger partial charge on any atom is 0.0494 e. The monoisotopic (exact) mass is 239 g/mol. The summed E-state index contributed by atoms with van der Waals surface area (Å²) in [6, 6.07) is 12.7. The number of anilines is 1. The molecular formula is C12H14ClNS. The highest BCUT2D eigenvalue weighted by molar-refractivity contribution is 7.09. The van der Waals surface area contributed by atoms with Gasteiger partial charge in [-0.3, -0.25) is 0 Å². The van der Waals surface area contributed by atoms with Gasteiger partial charge >= 0.3 is 0 Å². The molecule has 15 heavy (non-hydrogen) atoms. The Kier molecular flexibility index (Phi) is 4.66. The second-order valence-electron chi connectivity index (χ2n) is 3.30. The van der Waals surface area contributed by atoms with E-state index in [1.54, 1.807) is 11.3 Å². The number of benzene rings is 1. The molecule has 0 radical (unpaired) electrons. The molecule has 1 aromatic carbocycles. The maximum atomic E-state index is 3.38. The summed E-state index contributed by atoms with van der Waals surface area (Å²) in [5, 5.41) is 5.49. The molecule has 3 heteroatoms. The van der Waals surface area contributed by atoms with Crippen molar-refractivity contribution < 1.29 is 0 Å². The summed E-state index contributed by atoms with van der Waals surface area (Å²) in [4.78, 5) is 1.37. The summed E-state index contributed by atoms with van der Waals surface area (Å²) < 4.78 is 0. The second kappa shape index (κ2) is 5.79. The summed E-state index contributed by atoms with van der Waals surface area (Å²) in [6.07, 6.45) is 0. The fourth-order valence-corrected chi connectivity index (χ4v) is 1.92. The van der Waals surface area contributed by atoms with Gasteiger partial charge in [-0.05, 0) is 30.5 Å². The molecule has 80 valence electrons. The SMILES string of the molecule is Cc1ccc(NCc2cccs2)cc1.Cl. The quantitative estimate of drug-likeness (QED) is 0.851. The Morgan fingerprint density at radius 2 is 1.87 bits per heavy atom. The first kappa shape index (κ1) is 12.1. The Morgan fingerprint density at radius 1 is 1.13 bits per heavy atom. The van der Waals surface area contributed by atoms with Gasteiger partial charge in [0.2, 0.25) is 0 Å². The number of hydrogen-bond acceptors (Lipinski definition) is 2. The highest BCUT2D eigenvalue weighted by Gasteiger charge is 1.93. The summed E-state index contributed by atoms with van der Waals surface area (Å²) in [7, 11) is 0. The van der Waals surface area contributed by atoms with E-state index >= 15 is 0 Å². The standard InChI is InChI=1S/C12H13NS.ClH/c1-10-4-6-11(7-5-10)13-9-12-3-2-8-14-12;/h2-8,13H,9H2,1H3;1H. The molecule has 0 saturated heterocycles. The largest absolute Gasteiger partial charge is 0.380 e. The molecular weight excluding hydrogens is 226 g/mol. The molecule has 0 aliphatic carbocycles. The molecule has 2 aromatic rings. The summed E-state index contributed by atoms with van der Waals surface area (Å²) >= 11 is 1.78. The minimum absolute atomic E-state index is 0. The first-order valence-corrected chi connectivity index (χ1v) is 5.55. The molecule has 1 heterocycles. The van der Waals surface area contributed by atoms with Crippen molar-refractivity contribution >= 4 is 29.4 Å². The maximum absolute atomic E-state index is 3.38. The van der Waals surface area contributed by atoms with Crippen LogP contribution in [-0.4, -0.2) is 0 Å². The summed E-state index contributed by atoms with van der Waals surface area (Å²) in [6.45, 7) is 3.02. The third-order valence-corrected chi connectivity index (χ3v) is 2.97. The van der Waals surface area contributed by atoms with Crippen molar-refractivity contribution in [2.45, 2.75) is 13.5 Å². The molecule has 0 amide bonds. The van der Waals surface area contributed by atoms with Crippen LogP contribution >= 0.6 is 23.7 Å². The van der Waals surface area contributed by atoms with E-state index in [0.717, 1.165) is 6.54 Å². The molecule has 1 N–H and O–H groups in total. The topological polar surface area (TPSA) is 12.0 Å². The van der Waals surface area contributed by atoms with Gasteiger partial charge in [0.25, 0.3) is 0 Å². The van der Waals surface area contributed by atoms with Gasteiger partial charge in [-0.15, -0.1) is 23.7 Å². The van der Waals surface area contributed by atoms with Gasteiger partial charge in [0.05, 0.1) is 0 Å². The lowest BCUT2D eigenvalue weighted by Crippen LogP contribution is -1.96. The van der Waals surface area contributed by atoms with E-state index in [2.05, 4.69) is 54.0 Å². The van der Waals surface area contributed by atoms with Crippen LogP contribution in [0.1, 0.15) is 10.4 Å². The van der Waals surface area contributed by atoms with Crippen molar-refractivity contribution in [1.82, 2.24) is 0 Å². The van der Waals surface area contributed by atoms with E-state index in [9.17, 15) is 0 Å². The third kappa shape index (κ3) is 3.57. The Hall–Kier alpha value is -0.990. The van der Waals surface area contributed by atoms with Crippen LogP contribution in [0.2, 0.25) is 0 Å². The number of rotatable bonds is 3. The summed E-state index contributed by atoms with van der Waals surface area (Å²) in [5.74, 6) is 0. The molecule has 0 saturated carbocycles. The van der Waals surface area contributed by atoms with Gasteiger partial charge in [0.1, 0.15) is 0 Å². The minimum atomic E-state index is 0. The zero-order valence-electron chi connectivity index (χ0n) is 8.57. The average molecular weight is 240 g/mol. The smallest absolute Gasteiger partial charge is 0.0494 e. The zero-order chi connectivity index (χ0) is 9.80. The Labute approximate surface area is 101 Å². The number of aryl methyl sites for hydroxylation is 1. The molecule has 1 nitrogen and oxygen atoms in total. The summed E-state index contributed by atoms with van der Waals surface area (Å²) in [5.41, 5.74) is 2.48. The number of hydrogen-bond donors (Lipinski definition) is 1. The molecule has 0 unspecified atom stereocenters. The first-order valence-electron chi connectivity index (χ1n) is 4.67. The van der Waals surface area contributed by atoms with E-state index in [4.69, 9.17) is 0 Å². The first-order chi connectivity index (χ1) is 6.84. The number of thiophene rings is 1. The van der Waals surface area contributed by atoms with Crippen molar-refractivity contribution in [3.05, 3.63) is 52.2 Å². The fourth-order valence-electron chi connectivity index (χ4n) is 1.27. The van der Waals surface area contributed by atoms with Gasteiger partial charge in [0.15, 0.2) is 0 Å². The molecule has 0 fully saturated rings. The van der Waals surface area contributed by atoms with Crippen LogP contribution < -0.4 is 5.32 Å². The van der Waals surface area contributed by atoms with Crippen LogP contribution in [0, 0.1) is 6.92 Å². The molecule has 0 aliphatic rings. The Morgan fingerprint density at radius 3 is 2.47 bits per heavy atom. The van der Waals surface area contributed by atoms with Crippen molar-refractivity contribution in [3.8, 4) is 0 Å². The van der Waals surface area contributed by atoms with E-state index in [0.29, 0.717) is 0 Å². The van der Waals surface area contributed by atoms with E-state index in [1.807, 2.05) is 0 Å². The van der Waals surface area contributed by atoms with Crippen LogP contribution in [0.15, 0.2) is 41.8 Å². The van der Waals surface area contributed by atoms with Gasteiger partial charge in [0, 0.05) is 17.1 Å². The molecule has 0 spiro atoms. The van der Waals surface area contributed by atoms with E-state index < -0.39 is 0 Å². The lowest BCUT2D eigenvalue weighted by molar-refractivity contribution is 1.19. The van der Waals surface area contributed by atoms with Crippen molar-refractivity contribution in [2.24, 2.45) is 0 Å². The minimum Gasteiger partial charge on any atom is -0.380 e. The van der Waals surface area contributed by atoms with Crippen molar-refractivity contribution in [2.75, 3.05) is 5.32 Å². The van der Waals surface area contributed by atoms with Gasteiger partial charge < -0.3 is 5.32 Å². The molecule has 0 bridgehead atoms. The highest BCUT2D eigenvalue weighted by Crippen LogP contribution is 2.13. The van der Waals surface area contributed by atoms with E-state index in [1.165, 1.54) is 16.1 Å². The fraction of sp³-hybridized carbons (Fsp3) is 0.167. The predicted molar refractivity (Wildman–Crippen MR) is 70.1 cm³/mol. The lowest BCUT2D eigenvalue weighted by Gasteiger charge is -2.04. The highest BCUT2D eigenvalue weighted by atomic mass is 35.5. The third-order valence-electron chi connectivity index (χ3n) is 2.10. The lowest BCUT2D eigenvalue weighted by atomic mass is 10.2. The van der Waals surface area contributed by atoms with Crippen LogP contribution in [-0.2, 0) is 6.54 Å². The average Bonchev–Trinajstić information content (AvgIpc) is 2.70. The second-order valence-corrected chi connectivity index (χ2v) is 4.33. The van der Waals surface area contributed by atoms with Crippen LogP contribution in [0.4, 0.5) is 5.69 Å². The Balaban J connectivity index is 0.00000112. The predicted octanol–water partition coefficient (Wildman–Crippen LogP) is 4.09.